The topological polar surface area (TPSA) is 55.1 Å². The van der Waals surface area contributed by atoms with Gasteiger partial charge in [-0.05, 0) is 17.7 Å². The van der Waals surface area contributed by atoms with Gasteiger partial charge in [-0.2, -0.15) is 0 Å². The van der Waals surface area contributed by atoms with Crippen LogP contribution in [0.1, 0.15) is 26.3 Å². The molecule has 0 saturated heterocycles. The second kappa shape index (κ2) is 7.73. The molecule has 0 radical (unpaired) electrons. The summed E-state index contributed by atoms with van der Waals surface area (Å²) in [6, 6.07) is 7.71. The van der Waals surface area contributed by atoms with Crippen molar-refractivity contribution in [2.24, 2.45) is 11.7 Å². The van der Waals surface area contributed by atoms with Gasteiger partial charge in [0.25, 0.3) is 0 Å². The van der Waals surface area contributed by atoms with Crippen molar-refractivity contribution in [3.05, 3.63) is 34.9 Å². The van der Waals surface area contributed by atoms with Gasteiger partial charge in [-0.15, -0.1) is 12.4 Å². The highest BCUT2D eigenvalue weighted by atomic mass is 35.5. The van der Waals surface area contributed by atoms with Gasteiger partial charge in [-0.3, -0.25) is 4.79 Å². The van der Waals surface area contributed by atoms with Crippen molar-refractivity contribution >= 4 is 29.9 Å². The van der Waals surface area contributed by atoms with E-state index >= 15 is 0 Å². The maximum atomic E-state index is 11.7. The largest absolute Gasteiger partial charge is 0.355 e. The lowest BCUT2D eigenvalue weighted by Gasteiger charge is -2.26. The molecule has 0 bridgehead atoms. The maximum absolute atomic E-state index is 11.7. The van der Waals surface area contributed by atoms with Crippen molar-refractivity contribution in [3.8, 4) is 0 Å². The summed E-state index contributed by atoms with van der Waals surface area (Å²) < 4.78 is 0. The minimum atomic E-state index is -0.158. The number of hydrogen-bond donors (Lipinski definition) is 2. The van der Waals surface area contributed by atoms with Crippen LogP contribution in [0.3, 0.4) is 0 Å². The predicted octanol–water partition coefficient (Wildman–Crippen LogP) is 2.75. The van der Waals surface area contributed by atoms with E-state index in [1.807, 2.05) is 31.2 Å². The molecule has 0 aliphatic heterocycles. The molecular formula is C14H22Cl2N2O. The third-order valence-corrected chi connectivity index (χ3v) is 3.35. The van der Waals surface area contributed by atoms with Crippen molar-refractivity contribution in [1.82, 2.24) is 5.32 Å². The van der Waals surface area contributed by atoms with E-state index in [-0.39, 0.29) is 29.6 Å². The minimum Gasteiger partial charge on any atom is -0.355 e. The average Bonchev–Trinajstić information content (AvgIpc) is 2.35. The Labute approximate surface area is 126 Å². The number of nitrogens with two attached hydrogens (primary N) is 1. The van der Waals surface area contributed by atoms with Gasteiger partial charge in [0.05, 0.1) is 0 Å². The van der Waals surface area contributed by atoms with Gasteiger partial charge in [0.1, 0.15) is 0 Å². The smallest absolute Gasteiger partial charge is 0.224 e. The summed E-state index contributed by atoms with van der Waals surface area (Å²) in [4.78, 5) is 11.7. The van der Waals surface area contributed by atoms with Crippen LogP contribution in [0, 0.1) is 5.92 Å². The summed E-state index contributed by atoms with van der Waals surface area (Å²) in [7, 11) is 0. The van der Waals surface area contributed by atoms with Gasteiger partial charge in [-0.25, -0.2) is 0 Å². The first-order valence-electron chi connectivity index (χ1n) is 6.10. The van der Waals surface area contributed by atoms with E-state index in [2.05, 4.69) is 19.2 Å². The first-order chi connectivity index (χ1) is 8.36. The summed E-state index contributed by atoms with van der Waals surface area (Å²) >= 11 is 5.98. The van der Waals surface area contributed by atoms with Crippen LogP contribution >= 0.6 is 24.0 Å². The summed E-state index contributed by atoms with van der Waals surface area (Å²) in [5.74, 6) is -0.159. The zero-order valence-electron chi connectivity index (χ0n) is 11.6. The number of amides is 1. The van der Waals surface area contributed by atoms with E-state index in [1.165, 1.54) is 0 Å². The number of carbonyl (C=O) groups excluding carboxylic acids is 1. The fourth-order valence-electron chi connectivity index (χ4n) is 1.60. The summed E-state index contributed by atoms with van der Waals surface area (Å²) in [6.07, 6.45) is 0. The van der Waals surface area contributed by atoms with Crippen LogP contribution in [-0.2, 0) is 10.2 Å². The van der Waals surface area contributed by atoms with E-state index in [4.69, 9.17) is 17.3 Å². The van der Waals surface area contributed by atoms with Gasteiger partial charge in [-0.1, -0.05) is 44.5 Å². The minimum absolute atomic E-state index is 0. The fraction of sp³-hybridized carbons (Fsp3) is 0.500. The molecule has 0 aliphatic carbocycles. The molecule has 3 N–H and O–H groups in total. The Balaban J connectivity index is 0.00000324. The molecule has 19 heavy (non-hydrogen) atoms. The fourth-order valence-corrected chi connectivity index (χ4v) is 1.79. The van der Waals surface area contributed by atoms with Crippen molar-refractivity contribution < 1.29 is 4.79 Å². The summed E-state index contributed by atoms with van der Waals surface area (Å²) in [5, 5.41) is 3.64. The number of hydrogen-bond acceptors (Lipinski definition) is 2. The lowest BCUT2D eigenvalue weighted by molar-refractivity contribution is -0.124. The second-order valence-corrected chi connectivity index (χ2v) is 5.69. The predicted molar refractivity (Wildman–Crippen MR) is 83.0 cm³/mol. The molecule has 3 nitrogen and oxygen atoms in total. The highest BCUT2D eigenvalue weighted by molar-refractivity contribution is 6.30. The molecule has 108 valence electrons. The Kier molecular flexibility index (Phi) is 7.42. The van der Waals surface area contributed by atoms with Crippen LogP contribution in [0.15, 0.2) is 24.3 Å². The molecule has 1 atom stereocenters. The molecule has 0 heterocycles. The third kappa shape index (κ3) is 5.39. The van der Waals surface area contributed by atoms with Gasteiger partial charge in [0.2, 0.25) is 5.91 Å². The van der Waals surface area contributed by atoms with Crippen molar-refractivity contribution in [1.29, 1.82) is 0 Å². The number of rotatable bonds is 5. The Hall–Kier alpha value is -0.770. The van der Waals surface area contributed by atoms with E-state index in [9.17, 15) is 4.79 Å². The van der Waals surface area contributed by atoms with Crippen LogP contribution in [-0.4, -0.2) is 19.0 Å². The van der Waals surface area contributed by atoms with Crippen molar-refractivity contribution in [2.45, 2.75) is 26.2 Å². The number of benzene rings is 1. The molecule has 0 aliphatic rings. The molecule has 0 saturated carbocycles. The Morgan fingerprint density at radius 2 is 2.11 bits per heavy atom. The molecule has 1 aromatic rings. The molecule has 0 spiro atoms. The highest BCUT2D eigenvalue weighted by Crippen LogP contribution is 2.24. The van der Waals surface area contributed by atoms with E-state index < -0.39 is 0 Å². The van der Waals surface area contributed by atoms with Gasteiger partial charge < -0.3 is 11.1 Å². The Morgan fingerprint density at radius 3 is 2.63 bits per heavy atom. The zero-order chi connectivity index (χ0) is 13.8. The molecule has 0 aromatic heterocycles. The molecule has 1 rings (SSSR count). The normalized spacial score (nSPS) is 12.5. The Morgan fingerprint density at radius 1 is 1.47 bits per heavy atom. The second-order valence-electron chi connectivity index (χ2n) is 5.25. The lowest BCUT2D eigenvalue weighted by atomic mass is 9.84. The van der Waals surface area contributed by atoms with Crippen LogP contribution in [0.4, 0.5) is 0 Å². The molecule has 1 unspecified atom stereocenters. The standard InChI is InChI=1S/C14H21ClN2O.ClH/c1-10(8-16)13(18)17-9-14(2,3)11-5-4-6-12(15)7-11;/h4-7,10H,8-9,16H2,1-3H3,(H,17,18);1H. The molecule has 0 fully saturated rings. The lowest BCUT2D eigenvalue weighted by Crippen LogP contribution is -2.40. The number of nitrogens with one attached hydrogen (secondary N) is 1. The van der Waals surface area contributed by atoms with E-state index in [0.717, 1.165) is 5.56 Å². The van der Waals surface area contributed by atoms with Crippen LogP contribution in [0.25, 0.3) is 0 Å². The average molecular weight is 305 g/mol. The van der Waals surface area contributed by atoms with E-state index in [0.29, 0.717) is 18.1 Å². The molecule has 5 heteroatoms. The molecule has 1 aromatic carbocycles. The van der Waals surface area contributed by atoms with E-state index in [1.54, 1.807) is 0 Å². The monoisotopic (exact) mass is 304 g/mol. The third-order valence-electron chi connectivity index (χ3n) is 3.11. The van der Waals surface area contributed by atoms with Crippen molar-refractivity contribution in [2.75, 3.05) is 13.1 Å². The van der Waals surface area contributed by atoms with Crippen molar-refractivity contribution in [3.63, 3.8) is 0 Å². The Bertz CT molecular complexity index is 422. The van der Waals surface area contributed by atoms with Crippen LogP contribution < -0.4 is 11.1 Å². The maximum Gasteiger partial charge on any atom is 0.224 e. The zero-order valence-corrected chi connectivity index (χ0v) is 13.1. The highest BCUT2D eigenvalue weighted by Gasteiger charge is 2.22. The summed E-state index contributed by atoms with van der Waals surface area (Å²) in [6.45, 7) is 6.90. The van der Waals surface area contributed by atoms with Crippen LogP contribution in [0.2, 0.25) is 5.02 Å². The molecule has 1 amide bonds. The van der Waals surface area contributed by atoms with Gasteiger partial charge in [0.15, 0.2) is 0 Å². The quantitative estimate of drug-likeness (QED) is 0.879. The summed E-state index contributed by atoms with van der Waals surface area (Å²) in [5.41, 5.74) is 6.41. The number of carbonyl (C=O) groups is 1. The van der Waals surface area contributed by atoms with Gasteiger partial charge in [0, 0.05) is 29.4 Å². The molecular weight excluding hydrogens is 283 g/mol. The van der Waals surface area contributed by atoms with Crippen LogP contribution in [0.5, 0.6) is 0 Å². The SMILES string of the molecule is CC(CN)C(=O)NCC(C)(C)c1cccc(Cl)c1.Cl. The van der Waals surface area contributed by atoms with Gasteiger partial charge >= 0.3 is 0 Å². The first kappa shape index (κ1) is 18.2. The first-order valence-corrected chi connectivity index (χ1v) is 6.48. The number of halogens is 2.